The lowest BCUT2D eigenvalue weighted by atomic mass is 10.2. The largest absolute Gasteiger partial charge is 0.560 e. The highest BCUT2D eigenvalue weighted by Gasteiger charge is 2.48. The summed E-state index contributed by atoms with van der Waals surface area (Å²) in [5.41, 5.74) is 0. The summed E-state index contributed by atoms with van der Waals surface area (Å²) in [4.78, 5) is 105. The van der Waals surface area contributed by atoms with Crippen molar-refractivity contribution in [1.29, 1.82) is 0 Å². The smallest absolute Gasteiger partial charge is 0.429 e. The van der Waals surface area contributed by atoms with E-state index < -0.39 is 47.8 Å². The van der Waals surface area contributed by atoms with Crippen LogP contribution in [0.4, 0.5) is 9.59 Å². The normalized spacial score (nSPS) is 26.7. The van der Waals surface area contributed by atoms with E-state index in [2.05, 4.69) is 40.2 Å². The molecule has 4 saturated carbocycles. The first-order valence-electron chi connectivity index (χ1n) is 19.8. The Bertz CT molecular complexity index is 1380. The third-order valence-corrected chi connectivity index (χ3v) is 10.5. The van der Waals surface area contributed by atoms with Gasteiger partial charge in [-0.25, -0.2) is 4.79 Å². The van der Waals surface area contributed by atoms with Crippen LogP contribution in [-0.4, -0.2) is 121 Å². The lowest BCUT2D eigenvalue weighted by Gasteiger charge is -2.16. The van der Waals surface area contributed by atoms with Gasteiger partial charge in [0.1, 0.15) is 6.10 Å². The SMILES string of the molecule is CCN(CC)CC.ClCCl.I.O=C(OC1CC2CC2C1)ON1C(=O)CCC1=O.O=C(ON1C(=O)CCC1=O)ON1C(=O)CCC1=O.OC1CC2CC2C1.OC1CC=CC1. The number of hydrogen-bond acceptors (Lipinski definition) is 15. The summed E-state index contributed by atoms with van der Waals surface area (Å²) in [5, 5.41) is 18.8. The molecule has 7 fully saturated rings. The Kier molecular flexibility index (Phi) is 23.2. The van der Waals surface area contributed by atoms with Gasteiger partial charge in [0, 0.05) is 38.5 Å². The third kappa shape index (κ3) is 17.8. The fourth-order valence-electron chi connectivity index (χ4n) is 7.08. The molecular formula is C38H57Cl2IN4O14. The summed E-state index contributed by atoms with van der Waals surface area (Å²) >= 11 is 9.53. The second kappa shape index (κ2) is 26.3. The van der Waals surface area contributed by atoms with Gasteiger partial charge >= 0.3 is 12.3 Å². The Morgan fingerprint density at radius 2 is 0.881 bits per heavy atom. The second-order valence-electron chi connectivity index (χ2n) is 14.7. The summed E-state index contributed by atoms with van der Waals surface area (Å²) in [6, 6.07) is 0. The van der Waals surface area contributed by atoms with Crippen molar-refractivity contribution in [1.82, 2.24) is 20.1 Å². The number of amides is 6. The van der Waals surface area contributed by atoms with Crippen molar-refractivity contribution < 1.29 is 67.8 Å². The molecule has 0 aromatic rings. The number of fused-ring (bicyclic) bond motifs is 2. The van der Waals surface area contributed by atoms with Crippen molar-refractivity contribution in [3.05, 3.63) is 12.2 Å². The zero-order valence-electron chi connectivity index (χ0n) is 33.7. The summed E-state index contributed by atoms with van der Waals surface area (Å²) in [7, 11) is 0. The fourth-order valence-corrected chi connectivity index (χ4v) is 7.08. The number of rotatable bonds is 7. The number of hydroxylamine groups is 6. The molecule has 2 N–H and O–H groups in total. The van der Waals surface area contributed by atoms with E-state index >= 15 is 0 Å². The molecule has 3 heterocycles. The number of hydrogen-bond donors (Lipinski definition) is 2. The summed E-state index contributed by atoms with van der Waals surface area (Å²) in [5.74, 6) is -0.433. The lowest BCUT2D eigenvalue weighted by Crippen LogP contribution is -2.37. The highest BCUT2D eigenvalue weighted by molar-refractivity contribution is 14.0. The predicted octanol–water partition coefficient (Wildman–Crippen LogP) is 5.13. The highest BCUT2D eigenvalue weighted by Crippen LogP contribution is 2.53. The second-order valence-corrected chi connectivity index (χ2v) is 15.5. The molecule has 3 aliphatic heterocycles. The van der Waals surface area contributed by atoms with Crippen LogP contribution >= 0.6 is 47.2 Å². The molecule has 0 radical (unpaired) electrons. The number of aliphatic hydroxyl groups is 2. The van der Waals surface area contributed by atoms with Gasteiger partial charge in [0.2, 0.25) is 0 Å². The van der Waals surface area contributed by atoms with E-state index in [1.807, 2.05) is 12.2 Å². The van der Waals surface area contributed by atoms with Gasteiger partial charge in [-0.05, 0) is 94.7 Å². The Morgan fingerprint density at radius 3 is 1.12 bits per heavy atom. The van der Waals surface area contributed by atoms with Crippen LogP contribution in [0.25, 0.3) is 0 Å². The number of aliphatic hydroxyl groups excluding tert-OH is 2. The molecule has 334 valence electrons. The molecule has 0 aromatic carbocycles. The van der Waals surface area contributed by atoms with Crippen LogP contribution in [0.1, 0.15) is 111 Å². The van der Waals surface area contributed by atoms with E-state index in [0.29, 0.717) is 16.9 Å². The summed E-state index contributed by atoms with van der Waals surface area (Å²) < 4.78 is 5.06. The topological polar surface area (TPSA) is 227 Å². The van der Waals surface area contributed by atoms with E-state index in [9.17, 15) is 38.4 Å². The van der Waals surface area contributed by atoms with Crippen LogP contribution in [0.5, 0.6) is 0 Å². The van der Waals surface area contributed by atoms with Crippen LogP contribution < -0.4 is 0 Å². The molecule has 8 rings (SSSR count). The third-order valence-electron chi connectivity index (χ3n) is 10.5. The highest BCUT2D eigenvalue weighted by atomic mass is 127. The van der Waals surface area contributed by atoms with Crippen molar-refractivity contribution >= 4 is 94.9 Å². The minimum Gasteiger partial charge on any atom is -0.429 e. The van der Waals surface area contributed by atoms with Gasteiger partial charge in [0.25, 0.3) is 35.4 Å². The van der Waals surface area contributed by atoms with E-state index in [1.165, 1.54) is 32.5 Å². The van der Waals surface area contributed by atoms with Crippen LogP contribution in [0.3, 0.4) is 0 Å². The zero-order chi connectivity index (χ0) is 42.9. The molecule has 5 aliphatic carbocycles. The lowest BCUT2D eigenvalue weighted by molar-refractivity contribution is -0.198. The quantitative estimate of drug-likeness (QED) is 0.111. The van der Waals surface area contributed by atoms with E-state index in [4.69, 9.17) is 38.2 Å². The number of nitrogens with zero attached hydrogens (tertiary/aromatic N) is 4. The van der Waals surface area contributed by atoms with Gasteiger partial charge in [0.05, 0.1) is 17.5 Å². The van der Waals surface area contributed by atoms with Gasteiger partial charge in [-0.2, -0.15) is 4.79 Å². The maximum Gasteiger partial charge on any atom is 0.560 e. The van der Waals surface area contributed by atoms with Gasteiger partial charge in [-0.15, -0.1) is 47.2 Å². The maximum atomic E-state index is 11.4. The number of carbonyl (C=O) groups is 8. The zero-order valence-corrected chi connectivity index (χ0v) is 37.5. The van der Waals surface area contributed by atoms with E-state index in [0.717, 1.165) is 50.4 Å². The van der Waals surface area contributed by atoms with Crippen LogP contribution in [-0.2, 0) is 48.0 Å². The molecule has 0 aromatic heterocycles. The number of halogens is 3. The van der Waals surface area contributed by atoms with Gasteiger partial charge in [-0.1, -0.05) is 48.1 Å². The average molecular weight is 992 g/mol. The Morgan fingerprint density at radius 1 is 0.576 bits per heavy atom. The molecular weight excluding hydrogens is 934 g/mol. The Hall–Kier alpha value is -3.11. The molecule has 18 nitrogen and oxygen atoms in total. The van der Waals surface area contributed by atoms with Crippen molar-refractivity contribution in [2.45, 2.75) is 129 Å². The van der Waals surface area contributed by atoms with Gasteiger partial charge in [0.15, 0.2) is 0 Å². The molecule has 59 heavy (non-hydrogen) atoms. The molecule has 0 spiro atoms. The predicted molar refractivity (Wildman–Crippen MR) is 220 cm³/mol. The first-order valence-corrected chi connectivity index (χ1v) is 20.9. The molecule has 0 bridgehead atoms. The van der Waals surface area contributed by atoms with Crippen molar-refractivity contribution in [3.8, 4) is 0 Å². The summed E-state index contributed by atoms with van der Waals surface area (Å²) in [6.45, 7) is 10.1. The number of ether oxygens (including phenoxy) is 1. The molecule has 8 aliphatic rings. The molecule has 21 heteroatoms. The monoisotopic (exact) mass is 990 g/mol. The number of carbonyl (C=O) groups excluding carboxylic acids is 8. The Balaban J connectivity index is 0.000000267. The number of imide groups is 3. The van der Waals surface area contributed by atoms with Crippen molar-refractivity contribution in [3.63, 3.8) is 0 Å². The Labute approximate surface area is 371 Å². The van der Waals surface area contributed by atoms with Crippen LogP contribution in [0.2, 0.25) is 0 Å². The van der Waals surface area contributed by atoms with Crippen LogP contribution in [0.15, 0.2) is 12.2 Å². The molecule has 3 saturated heterocycles. The molecule has 4 atom stereocenters. The van der Waals surface area contributed by atoms with Crippen molar-refractivity contribution in [2.24, 2.45) is 23.7 Å². The first-order chi connectivity index (χ1) is 27.6. The fraction of sp³-hybridized carbons (Fsp3) is 0.737. The van der Waals surface area contributed by atoms with Gasteiger partial charge < -0.3 is 19.8 Å². The number of alkyl halides is 2. The molecule has 6 amide bonds. The summed E-state index contributed by atoms with van der Waals surface area (Å²) in [6.07, 6.45) is 9.75. The van der Waals surface area contributed by atoms with E-state index in [-0.39, 0.29) is 96.3 Å². The van der Waals surface area contributed by atoms with Crippen molar-refractivity contribution in [2.75, 3.05) is 25.0 Å². The maximum absolute atomic E-state index is 11.4. The minimum absolute atomic E-state index is 0. The van der Waals surface area contributed by atoms with Gasteiger partial charge in [-0.3, -0.25) is 43.3 Å². The molecule has 4 unspecified atom stereocenters. The first kappa shape index (κ1) is 52.0. The minimum atomic E-state index is -1.48. The average Bonchev–Trinajstić information content (AvgIpc) is 3.55. The standard InChI is InChI=1S/C11H13NO5.C9H8N2O7.C6H15N.C6H10O.C5H8O.CH2Cl2.HI/c13-9-1-2-10(14)12(9)17-11(15)16-8-4-6-3-7(6)5-8;12-5-1-2-6(13)10(5)17-9(16)18-11-7(14)3-4-8(11)15;1-4-7(5-2)6-3;7-6-2-4-1-5(4)3-6;6-5-3-1-2-4-5;2-1-3;/h6-8H,1-5H2;1-4H2;4-6H2,1-3H3;4-7H,1-3H2;1-2,5-6H,3-4H2;1H2;1H. The van der Waals surface area contributed by atoms with Crippen LogP contribution in [0, 0.1) is 23.7 Å². The van der Waals surface area contributed by atoms with E-state index in [1.54, 1.807) is 0 Å².